The minimum atomic E-state index is -4.62. The quantitative estimate of drug-likeness (QED) is 0.237. The largest absolute Gasteiger partial charge is 0.504 e. The standard InChI is InChI=1S/C34H33ClF3N9O5S/c1-4-23-28(45-9-8-44(13-17(45)2)31(50)27-29(49)18(3)39-16-40-27)32(51)47-33(42-30(43-47)24-11-19-7-10-52-15-25(19)53-24)46(23)14-26(48)41-22-6-5-20(12-21(22)35)34(36,37)38/h5-6,11-12,16-17,49H,4,7-10,13-15H2,1-3H3,(H,41,48)/t17-/m1/s1. The normalized spacial score (nSPS) is 16.2. The topological polar surface area (TPSA) is 160 Å². The molecule has 0 spiro atoms. The predicted octanol–water partition coefficient (Wildman–Crippen LogP) is 4.72. The molecule has 53 heavy (non-hydrogen) atoms. The maximum absolute atomic E-state index is 14.4. The highest BCUT2D eigenvalue weighted by Crippen LogP contribution is 2.35. The lowest BCUT2D eigenvalue weighted by Gasteiger charge is -2.41. The van der Waals surface area contributed by atoms with Gasteiger partial charge in [-0.15, -0.1) is 16.4 Å². The van der Waals surface area contributed by atoms with Gasteiger partial charge in [0.15, 0.2) is 17.3 Å². The van der Waals surface area contributed by atoms with Crippen LogP contribution in [0.2, 0.25) is 5.02 Å². The van der Waals surface area contributed by atoms with Crippen molar-refractivity contribution in [3.8, 4) is 16.5 Å². The zero-order valence-electron chi connectivity index (χ0n) is 28.7. The van der Waals surface area contributed by atoms with Crippen LogP contribution in [0.5, 0.6) is 5.75 Å². The van der Waals surface area contributed by atoms with Crippen molar-refractivity contribution < 1.29 is 32.6 Å². The number of alkyl halides is 3. The number of hydrogen-bond donors (Lipinski definition) is 2. The Morgan fingerprint density at radius 2 is 1.98 bits per heavy atom. The molecule has 5 aromatic rings. The molecule has 0 saturated carbocycles. The fourth-order valence-electron chi connectivity index (χ4n) is 6.64. The SMILES string of the molecule is CCc1c(N2CCN(C(=O)c3ncnc(C)c3O)C[C@H]2C)c(=O)n2nc(-c3cc4c(s3)COCC4)nc2n1CC(=O)Nc1ccc(C(F)(F)F)cc1Cl. The van der Waals surface area contributed by atoms with Crippen molar-refractivity contribution in [1.82, 2.24) is 34.0 Å². The minimum absolute atomic E-state index is 0.0205. The Morgan fingerprint density at radius 1 is 1.19 bits per heavy atom. The molecule has 2 amide bonds. The number of hydrogen-bond acceptors (Lipinski definition) is 11. The molecule has 6 heterocycles. The second-order valence-corrected chi connectivity index (χ2v) is 14.3. The molecule has 278 valence electrons. The Balaban J connectivity index is 1.27. The molecule has 2 aliphatic rings. The minimum Gasteiger partial charge on any atom is -0.504 e. The van der Waals surface area contributed by atoms with Crippen molar-refractivity contribution in [3.63, 3.8) is 0 Å². The fourth-order valence-corrected chi connectivity index (χ4v) is 7.94. The summed E-state index contributed by atoms with van der Waals surface area (Å²) < 4.78 is 48.1. The molecule has 7 rings (SSSR count). The van der Waals surface area contributed by atoms with E-state index >= 15 is 0 Å². The van der Waals surface area contributed by atoms with Gasteiger partial charge in [0.05, 0.1) is 45.8 Å². The van der Waals surface area contributed by atoms with Crippen molar-refractivity contribution >= 4 is 51.9 Å². The van der Waals surface area contributed by atoms with Crippen LogP contribution in [0, 0.1) is 6.92 Å². The van der Waals surface area contributed by atoms with E-state index < -0.39 is 35.2 Å². The molecule has 1 atom stereocenters. The third kappa shape index (κ3) is 6.81. The van der Waals surface area contributed by atoms with Gasteiger partial charge in [-0.3, -0.25) is 14.4 Å². The molecule has 0 bridgehead atoms. The third-order valence-electron chi connectivity index (χ3n) is 9.31. The number of anilines is 2. The number of thiophene rings is 1. The van der Waals surface area contributed by atoms with Crippen molar-refractivity contribution in [1.29, 1.82) is 0 Å². The lowest BCUT2D eigenvalue weighted by atomic mass is 10.1. The molecule has 19 heteroatoms. The summed E-state index contributed by atoms with van der Waals surface area (Å²) in [6, 6.07) is 4.21. The molecule has 1 fully saturated rings. The summed E-state index contributed by atoms with van der Waals surface area (Å²) in [5.74, 6) is -1.03. The van der Waals surface area contributed by atoms with Gasteiger partial charge in [0.2, 0.25) is 11.7 Å². The summed E-state index contributed by atoms with van der Waals surface area (Å²) >= 11 is 7.61. The van der Waals surface area contributed by atoms with E-state index in [0.29, 0.717) is 18.9 Å². The van der Waals surface area contributed by atoms with Gasteiger partial charge in [0, 0.05) is 30.6 Å². The Bertz CT molecular complexity index is 2300. The second-order valence-electron chi connectivity index (χ2n) is 12.7. The van der Waals surface area contributed by atoms with Crippen LogP contribution in [0.25, 0.3) is 16.5 Å². The number of rotatable bonds is 7. The number of aromatic hydroxyl groups is 1. The van der Waals surface area contributed by atoms with Crippen molar-refractivity contribution in [2.75, 3.05) is 36.5 Å². The number of benzene rings is 1. The number of amides is 2. The molecule has 0 unspecified atom stereocenters. The van der Waals surface area contributed by atoms with E-state index in [1.807, 2.05) is 24.8 Å². The maximum Gasteiger partial charge on any atom is 0.416 e. The summed E-state index contributed by atoms with van der Waals surface area (Å²) in [7, 11) is 0. The van der Waals surface area contributed by atoms with Crippen molar-refractivity contribution in [2.45, 2.75) is 59.0 Å². The number of nitrogens with one attached hydrogen (secondary N) is 1. The highest BCUT2D eigenvalue weighted by Gasteiger charge is 2.35. The molecule has 0 aliphatic carbocycles. The van der Waals surface area contributed by atoms with Crippen LogP contribution in [0.1, 0.15) is 51.7 Å². The number of halogens is 4. The molecule has 4 aromatic heterocycles. The number of ether oxygens (including phenoxy) is 1. The van der Waals surface area contributed by atoms with Gasteiger partial charge in [-0.2, -0.15) is 22.7 Å². The Kier molecular flexibility index (Phi) is 9.62. The zero-order chi connectivity index (χ0) is 37.8. The smallest absolute Gasteiger partial charge is 0.416 e. The van der Waals surface area contributed by atoms with E-state index in [1.165, 1.54) is 17.7 Å². The number of aryl methyl sites for hydroxylation is 1. The average molecular weight is 772 g/mol. The van der Waals surface area contributed by atoms with Gasteiger partial charge in [-0.05, 0) is 56.5 Å². The number of aromatic nitrogens is 6. The lowest BCUT2D eigenvalue weighted by molar-refractivity contribution is -0.137. The van der Waals surface area contributed by atoms with Crippen molar-refractivity contribution in [2.24, 2.45) is 0 Å². The van der Waals surface area contributed by atoms with E-state index in [1.54, 1.807) is 16.4 Å². The molecular formula is C34H33ClF3N9O5S. The molecule has 0 radical (unpaired) electrons. The number of piperazine rings is 1. The van der Waals surface area contributed by atoms with Gasteiger partial charge in [0.25, 0.3) is 11.5 Å². The van der Waals surface area contributed by atoms with E-state index in [2.05, 4.69) is 20.4 Å². The first-order valence-corrected chi connectivity index (χ1v) is 17.9. The first-order valence-electron chi connectivity index (χ1n) is 16.7. The van der Waals surface area contributed by atoms with Gasteiger partial charge in [-0.1, -0.05) is 18.5 Å². The lowest BCUT2D eigenvalue weighted by Crippen LogP contribution is -2.55. The zero-order valence-corrected chi connectivity index (χ0v) is 30.3. The van der Waals surface area contributed by atoms with E-state index in [0.717, 1.165) is 44.5 Å². The molecule has 2 N–H and O–H groups in total. The van der Waals surface area contributed by atoms with Crippen LogP contribution in [-0.2, 0) is 41.7 Å². The monoisotopic (exact) mass is 771 g/mol. The fraction of sp³-hybridized carbons (Fsp3) is 0.382. The van der Waals surface area contributed by atoms with E-state index in [4.69, 9.17) is 21.3 Å². The Labute approximate surface area is 308 Å². The Morgan fingerprint density at radius 3 is 2.68 bits per heavy atom. The highest BCUT2D eigenvalue weighted by atomic mass is 35.5. The van der Waals surface area contributed by atoms with Crippen LogP contribution in [0.3, 0.4) is 0 Å². The first-order chi connectivity index (χ1) is 25.2. The third-order valence-corrected chi connectivity index (χ3v) is 10.8. The van der Waals surface area contributed by atoms with E-state index in [-0.39, 0.29) is 77.7 Å². The second kappa shape index (κ2) is 14.1. The van der Waals surface area contributed by atoms with Gasteiger partial charge in [-0.25, -0.2) is 9.97 Å². The summed E-state index contributed by atoms with van der Waals surface area (Å²) in [6.45, 7) is 6.49. The Hall–Kier alpha value is -5.07. The van der Waals surface area contributed by atoms with Crippen LogP contribution in [-0.4, -0.2) is 83.2 Å². The number of nitrogens with zero attached hydrogens (tertiary/aromatic N) is 8. The molecule has 1 aromatic carbocycles. The summed E-state index contributed by atoms with van der Waals surface area (Å²) in [5.41, 5.74) is 0.529. The summed E-state index contributed by atoms with van der Waals surface area (Å²) in [4.78, 5) is 59.3. The van der Waals surface area contributed by atoms with Crippen molar-refractivity contribution in [3.05, 3.63) is 79.1 Å². The van der Waals surface area contributed by atoms with Crippen LogP contribution in [0.4, 0.5) is 24.5 Å². The number of carbonyl (C=O) groups is 2. The molecule has 2 aliphatic heterocycles. The molecule has 14 nitrogen and oxygen atoms in total. The molecule has 1 saturated heterocycles. The van der Waals surface area contributed by atoms with Crippen LogP contribution in [0.15, 0.2) is 35.4 Å². The van der Waals surface area contributed by atoms with Gasteiger partial charge < -0.3 is 29.5 Å². The average Bonchev–Trinajstić information content (AvgIpc) is 3.76. The number of fused-ring (bicyclic) bond motifs is 2. The van der Waals surface area contributed by atoms with E-state index in [9.17, 15) is 32.7 Å². The number of carbonyl (C=O) groups excluding carboxylic acids is 2. The van der Waals surface area contributed by atoms with Gasteiger partial charge in [0.1, 0.15) is 18.6 Å². The highest BCUT2D eigenvalue weighted by molar-refractivity contribution is 7.15. The van der Waals surface area contributed by atoms with Crippen LogP contribution >= 0.6 is 22.9 Å². The van der Waals surface area contributed by atoms with Gasteiger partial charge >= 0.3 is 6.18 Å². The predicted molar refractivity (Wildman–Crippen MR) is 190 cm³/mol. The summed E-state index contributed by atoms with van der Waals surface area (Å²) in [6.07, 6.45) is -2.40. The first kappa shape index (κ1) is 36.3. The maximum atomic E-state index is 14.4. The molecular weight excluding hydrogens is 739 g/mol. The van der Waals surface area contributed by atoms with Crippen LogP contribution < -0.4 is 15.8 Å². The summed E-state index contributed by atoms with van der Waals surface area (Å²) in [5, 5.41) is 17.4.